The fraction of sp³-hybridized carbons (Fsp3) is 0.367. The Kier molecular flexibility index (Phi) is 11.6. The zero-order valence-electron chi connectivity index (χ0n) is 25.0. The van der Waals surface area contributed by atoms with Crippen LogP contribution in [0.3, 0.4) is 0 Å². The van der Waals surface area contributed by atoms with Crippen molar-refractivity contribution in [2.24, 2.45) is 4.99 Å². The van der Waals surface area contributed by atoms with Crippen molar-refractivity contribution in [2.75, 3.05) is 19.5 Å². The summed E-state index contributed by atoms with van der Waals surface area (Å²) in [4.78, 5) is 41.0. The summed E-state index contributed by atoms with van der Waals surface area (Å²) in [6, 6.07) is 5.75. The molecule has 0 atom stereocenters. The molecule has 2 aliphatic rings. The number of benzene rings is 2. The minimum Gasteiger partial charge on any atom is -0.479 e. The van der Waals surface area contributed by atoms with Crippen LogP contribution in [0.15, 0.2) is 43.7 Å². The highest BCUT2D eigenvalue weighted by atomic mass is 35.5. The van der Waals surface area contributed by atoms with E-state index in [9.17, 15) is 18.8 Å². The monoisotopic (exact) mass is 740 g/mol. The lowest BCUT2D eigenvalue weighted by molar-refractivity contribution is -0.137. The number of aromatic nitrogens is 5. The predicted octanol–water partition coefficient (Wildman–Crippen LogP) is 5.48. The average molecular weight is 742 g/mol. The molecule has 0 N–H and O–H groups in total. The minimum atomic E-state index is -0.580. The lowest BCUT2D eigenvalue weighted by Gasteiger charge is -2.15. The molecule has 0 unspecified atom stereocenters. The number of rotatable bonds is 7. The van der Waals surface area contributed by atoms with Gasteiger partial charge in [0.15, 0.2) is 0 Å². The number of nitrogens with zero attached hydrogens (tertiary/aromatic N) is 6. The molecule has 0 fully saturated rings. The molecule has 2 aliphatic heterocycles. The third-order valence-corrected chi connectivity index (χ3v) is 10.1. The van der Waals surface area contributed by atoms with Gasteiger partial charge in [-0.1, -0.05) is 40.7 Å². The van der Waals surface area contributed by atoms with E-state index in [0.29, 0.717) is 50.8 Å². The number of carbonyl (C=O) groups is 1. The van der Waals surface area contributed by atoms with Crippen molar-refractivity contribution >= 4 is 69.6 Å². The summed E-state index contributed by atoms with van der Waals surface area (Å²) in [5, 5.41) is 5.24. The number of hydrogen-bond acceptors (Lipinski definition) is 9. The Morgan fingerprint density at radius 2 is 1.81 bits per heavy atom. The van der Waals surface area contributed by atoms with Crippen LogP contribution >= 0.6 is 57.9 Å². The van der Waals surface area contributed by atoms with E-state index < -0.39 is 11.8 Å². The van der Waals surface area contributed by atoms with Crippen LogP contribution in [0, 0.1) is 18.2 Å². The van der Waals surface area contributed by atoms with Crippen LogP contribution in [0.4, 0.5) is 10.1 Å². The van der Waals surface area contributed by atoms with Gasteiger partial charge in [0.05, 0.1) is 33.6 Å². The van der Waals surface area contributed by atoms with Gasteiger partial charge in [0.25, 0.3) is 0 Å². The highest BCUT2D eigenvalue weighted by Gasteiger charge is 2.20. The third-order valence-electron chi connectivity index (χ3n) is 7.19. The smallest absolute Gasteiger partial charge is 0.350 e. The largest absolute Gasteiger partial charge is 0.479 e. The number of halogens is 4. The summed E-state index contributed by atoms with van der Waals surface area (Å²) < 4.78 is 30.6. The van der Waals surface area contributed by atoms with E-state index in [1.165, 1.54) is 23.9 Å². The van der Waals surface area contributed by atoms with Crippen LogP contribution in [0.1, 0.15) is 31.5 Å². The number of ether oxygens (including phenoxy) is 2. The summed E-state index contributed by atoms with van der Waals surface area (Å²) >= 11 is 20.5. The normalized spacial score (nSPS) is 14.0. The molecule has 4 aromatic rings. The lowest BCUT2D eigenvalue weighted by Crippen LogP contribution is -2.31. The summed E-state index contributed by atoms with van der Waals surface area (Å²) in [6.45, 7) is 2.08. The van der Waals surface area contributed by atoms with Crippen molar-refractivity contribution in [3.63, 3.8) is 0 Å². The van der Waals surface area contributed by atoms with E-state index >= 15 is 0 Å². The number of fused-ring (bicyclic) bond motifs is 2. The van der Waals surface area contributed by atoms with Crippen molar-refractivity contribution in [1.29, 1.82) is 0 Å². The second kappa shape index (κ2) is 15.6. The molecule has 0 amide bonds. The van der Waals surface area contributed by atoms with Gasteiger partial charge in [-0.3, -0.25) is 18.8 Å². The Balaban J connectivity index is 0.000000186. The molecular formula is C30H28Cl3FN6O5S2. The van der Waals surface area contributed by atoms with E-state index in [1.807, 2.05) is 0 Å². The number of methoxy groups -OCH3 is 1. The Hall–Kier alpha value is -3.48. The van der Waals surface area contributed by atoms with Crippen LogP contribution in [-0.2, 0) is 35.6 Å². The van der Waals surface area contributed by atoms with Crippen LogP contribution in [0.5, 0.6) is 5.75 Å². The van der Waals surface area contributed by atoms with Gasteiger partial charge < -0.3 is 9.47 Å². The van der Waals surface area contributed by atoms with Gasteiger partial charge in [-0.15, -0.1) is 23.3 Å². The summed E-state index contributed by atoms with van der Waals surface area (Å²) in [5.74, 6) is 2.59. The zero-order chi connectivity index (χ0) is 33.7. The van der Waals surface area contributed by atoms with E-state index in [0.717, 1.165) is 67.1 Å². The van der Waals surface area contributed by atoms with Crippen molar-refractivity contribution in [3.8, 4) is 23.8 Å². The molecule has 47 heavy (non-hydrogen) atoms. The van der Waals surface area contributed by atoms with Gasteiger partial charge in [0.1, 0.15) is 29.7 Å². The van der Waals surface area contributed by atoms with Gasteiger partial charge in [-0.25, -0.2) is 18.9 Å². The highest BCUT2D eigenvalue weighted by molar-refractivity contribution is 8.00. The highest BCUT2D eigenvalue weighted by Crippen LogP contribution is 2.34. The Labute approximate surface area is 291 Å². The first kappa shape index (κ1) is 34.8. The van der Waals surface area contributed by atoms with Gasteiger partial charge in [0, 0.05) is 37.0 Å². The maximum Gasteiger partial charge on any atom is 0.350 e. The van der Waals surface area contributed by atoms with Crippen molar-refractivity contribution in [2.45, 2.75) is 56.6 Å². The third kappa shape index (κ3) is 7.98. The molecule has 11 nitrogen and oxygen atoms in total. The molecule has 4 heterocycles. The molecule has 0 saturated carbocycles. The SMILES string of the molecule is C#CCOc1cc(-n2nc3n(c2=O)CCCC3)c(Cl)cc1Cl.COC(=O)CSc1cc(/N=c2\sc(=O)n3n2CCCC3)c(F)cc1Cl. The number of carbonyl (C=O) groups excluding carboxylic acids is 1. The second-order valence-electron chi connectivity index (χ2n) is 10.3. The molecule has 0 saturated heterocycles. The van der Waals surface area contributed by atoms with E-state index in [2.05, 4.69) is 20.7 Å². The molecule has 0 radical (unpaired) electrons. The van der Waals surface area contributed by atoms with E-state index in [1.54, 1.807) is 20.0 Å². The number of esters is 1. The molecule has 2 aromatic carbocycles. The Bertz CT molecular complexity index is 2040. The number of terminal acetylenes is 1. The van der Waals surface area contributed by atoms with Crippen LogP contribution in [0.2, 0.25) is 15.1 Å². The molecule has 0 bridgehead atoms. The zero-order valence-corrected chi connectivity index (χ0v) is 28.9. The van der Waals surface area contributed by atoms with Crippen LogP contribution < -0.4 is 20.1 Å². The molecule has 0 aliphatic carbocycles. The molecule has 2 aromatic heterocycles. The van der Waals surface area contributed by atoms with Gasteiger partial charge in [-0.2, -0.15) is 4.68 Å². The summed E-state index contributed by atoms with van der Waals surface area (Å²) in [7, 11) is 1.30. The maximum absolute atomic E-state index is 14.3. The predicted molar refractivity (Wildman–Crippen MR) is 180 cm³/mol. The molecule has 0 spiro atoms. The maximum atomic E-state index is 14.3. The molecule has 248 valence electrons. The molecule has 17 heteroatoms. The van der Waals surface area contributed by atoms with Crippen molar-refractivity contribution < 1.29 is 18.7 Å². The first-order chi connectivity index (χ1) is 22.6. The second-order valence-corrected chi connectivity index (χ2v) is 13.4. The molecule has 6 rings (SSSR count). The summed E-state index contributed by atoms with van der Waals surface area (Å²) in [5.41, 5.74) is 0.311. The molecular weight excluding hydrogens is 714 g/mol. The Morgan fingerprint density at radius 1 is 1.06 bits per heavy atom. The van der Waals surface area contributed by atoms with Crippen molar-refractivity contribution in [3.05, 3.63) is 75.9 Å². The number of aryl methyl sites for hydroxylation is 1. The fourth-order valence-corrected chi connectivity index (χ4v) is 7.40. The minimum absolute atomic E-state index is 0.0605. The van der Waals surface area contributed by atoms with Crippen LogP contribution in [0.25, 0.3) is 5.69 Å². The lowest BCUT2D eigenvalue weighted by atomic mass is 10.2. The van der Waals surface area contributed by atoms with Crippen LogP contribution in [-0.4, -0.2) is 49.2 Å². The average Bonchev–Trinajstić information content (AvgIpc) is 3.57. The van der Waals surface area contributed by atoms with Gasteiger partial charge in [0.2, 0.25) is 4.80 Å². The summed E-state index contributed by atoms with van der Waals surface area (Å²) in [6.07, 6.45) is 9.87. The number of thioether (sulfide) groups is 1. The standard InChI is InChI=1S/C15H13Cl2N3O2.C15H15ClFN3O3S2/c1-2-7-22-13-9-12(10(16)8-11(13)17)20-15(21)19-6-4-3-5-14(19)18-20;1-23-13(21)8-24-12-7-11(10(17)6-9(12)16)18-14-19-4-2-3-5-20(19)15(22)25-14/h1,8-9H,3-7H2;6-7H,2-5,8H2,1H3/b;18-14-. The first-order valence-corrected chi connectivity index (χ1v) is 17.3. The van der Waals surface area contributed by atoms with E-state index in [-0.39, 0.29) is 33.6 Å². The van der Waals surface area contributed by atoms with E-state index in [4.69, 9.17) is 46.0 Å². The quantitative estimate of drug-likeness (QED) is 0.140. The van der Waals surface area contributed by atoms with Gasteiger partial charge in [-0.05, 0) is 55.2 Å². The number of hydrogen-bond donors (Lipinski definition) is 0. The Morgan fingerprint density at radius 3 is 2.53 bits per heavy atom. The topological polar surface area (TPSA) is 115 Å². The van der Waals surface area contributed by atoms with Gasteiger partial charge >= 0.3 is 16.5 Å². The van der Waals surface area contributed by atoms with Crippen molar-refractivity contribution in [1.82, 2.24) is 23.7 Å². The fourth-order valence-electron chi connectivity index (χ4n) is 4.90. The first-order valence-electron chi connectivity index (χ1n) is 14.4.